The molecule has 24 heavy (non-hydrogen) atoms. The molecule has 1 aromatic rings. The number of nitrogens with one attached hydrogen (secondary N) is 1. The summed E-state index contributed by atoms with van der Waals surface area (Å²) in [6.45, 7) is 3.56. The number of rotatable bonds is 5. The van der Waals surface area contributed by atoms with E-state index in [9.17, 15) is 13.2 Å². The number of hydrogen-bond donors (Lipinski definition) is 1. The molecule has 0 unspecified atom stereocenters. The SMILES string of the molecule is COC(=O)N1CCC(CNS(=O)(=O)/C=C/c2ccc(C)cc2)CC1. The molecule has 0 saturated carbocycles. The number of nitrogens with zero attached hydrogens (tertiary/aromatic N) is 1. The molecule has 1 aliphatic heterocycles. The zero-order valence-corrected chi connectivity index (χ0v) is 14.9. The standard InChI is InChI=1S/C17H24N2O4S/c1-14-3-5-15(6-4-14)9-12-24(21,22)18-13-16-7-10-19(11-8-16)17(20)23-2/h3-6,9,12,16,18H,7-8,10-11,13H2,1-2H3/b12-9+. The fourth-order valence-corrected chi connectivity index (χ4v) is 3.48. The fourth-order valence-electron chi connectivity index (χ4n) is 2.58. The van der Waals surface area contributed by atoms with Gasteiger partial charge in [0.25, 0.3) is 0 Å². The van der Waals surface area contributed by atoms with Crippen molar-refractivity contribution in [2.24, 2.45) is 5.92 Å². The van der Waals surface area contributed by atoms with E-state index in [-0.39, 0.29) is 12.0 Å². The zero-order chi connectivity index (χ0) is 17.6. The van der Waals surface area contributed by atoms with Crippen LogP contribution in [-0.4, -0.2) is 46.2 Å². The molecule has 0 aromatic heterocycles. The quantitative estimate of drug-likeness (QED) is 0.883. The Morgan fingerprint density at radius 3 is 2.50 bits per heavy atom. The third kappa shape index (κ3) is 5.65. The van der Waals surface area contributed by atoms with Gasteiger partial charge in [-0.3, -0.25) is 0 Å². The van der Waals surface area contributed by atoms with Gasteiger partial charge in [-0.15, -0.1) is 0 Å². The Balaban J connectivity index is 1.81. The molecule has 132 valence electrons. The minimum atomic E-state index is -3.46. The maximum atomic E-state index is 12.0. The Hall–Kier alpha value is -1.86. The molecule has 0 atom stereocenters. The highest BCUT2D eigenvalue weighted by atomic mass is 32.2. The minimum Gasteiger partial charge on any atom is -0.453 e. The molecular weight excluding hydrogens is 328 g/mol. The number of amides is 1. The van der Waals surface area contributed by atoms with E-state index in [1.807, 2.05) is 31.2 Å². The van der Waals surface area contributed by atoms with Gasteiger partial charge in [-0.25, -0.2) is 17.9 Å². The second-order valence-corrected chi connectivity index (χ2v) is 7.66. The normalized spacial score (nSPS) is 16.5. The van der Waals surface area contributed by atoms with Gasteiger partial charge in [-0.1, -0.05) is 29.8 Å². The number of sulfonamides is 1. The van der Waals surface area contributed by atoms with Crippen molar-refractivity contribution in [3.8, 4) is 0 Å². The van der Waals surface area contributed by atoms with E-state index in [0.29, 0.717) is 19.6 Å². The molecule has 6 nitrogen and oxygen atoms in total. The summed E-state index contributed by atoms with van der Waals surface area (Å²) in [5, 5.41) is 1.20. The molecular formula is C17H24N2O4S. The number of carbonyl (C=O) groups is 1. The summed E-state index contributed by atoms with van der Waals surface area (Å²) >= 11 is 0. The Labute approximate surface area is 143 Å². The van der Waals surface area contributed by atoms with Crippen molar-refractivity contribution in [3.63, 3.8) is 0 Å². The van der Waals surface area contributed by atoms with Crippen molar-refractivity contribution in [2.45, 2.75) is 19.8 Å². The number of likely N-dealkylation sites (tertiary alicyclic amines) is 1. The van der Waals surface area contributed by atoms with Crippen molar-refractivity contribution in [1.29, 1.82) is 0 Å². The summed E-state index contributed by atoms with van der Waals surface area (Å²) in [6, 6.07) is 7.64. The Morgan fingerprint density at radius 1 is 1.29 bits per heavy atom. The van der Waals surface area contributed by atoms with E-state index in [0.717, 1.165) is 24.0 Å². The first kappa shape index (κ1) is 18.5. The second-order valence-electron chi connectivity index (χ2n) is 6.01. The Bertz CT molecular complexity index is 675. The van der Waals surface area contributed by atoms with Crippen molar-refractivity contribution >= 4 is 22.2 Å². The molecule has 0 radical (unpaired) electrons. The molecule has 0 aliphatic carbocycles. The van der Waals surface area contributed by atoms with Gasteiger partial charge in [-0.05, 0) is 37.3 Å². The van der Waals surface area contributed by atoms with Crippen LogP contribution in [0.1, 0.15) is 24.0 Å². The number of aryl methyl sites for hydroxylation is 1. The van der Waals surface area contributed by atoms with Gasteiger partial charge < -0.3 is 9.64 Å². The molecule has 1 aromatic carbocycles. The van der Waals surface area contributed by atoms with Gasteiger partial charge in [0.2, 0.25) is 10.0 Å². The van der Waals surface area contributed by atoms with Gasteiger partial charge in [0.05, 0.1) is 7.11 Å². The van der Waals surface area contributed by atoms with Crippen LogP contribution in [0.4, 0.5) is 4.79 Å². The van der Waals surface area contributed by atoms with Crippen LogP contribution in [0.5, 0.6) is 0 Å². The number of benzene rings is 1. The Kier molecular flexibility index (Phi) is 6.39. The average molecular weight is 352 g/mol. The summed E-state index contributed by atoms with van der Waals surface area (Å²) in [5.74, 6) is 0.230. The van der Waals surface area contributed by atoms with Gasteiger partial charge >= 0.3 is 6.09 Å². The predicted molar refractivity (Wildman–Crippen MR) is 93.8 cm³/mol. The molecule has 1 fully saturated rings. The number of methoxy groups -OCH3 is 1. The first-order valence-electron chi connectivity index (χ1n) is 7.97. The van der Waals surface area contributed by atoms with E-state index >= 15 is 0 Å². The first-order valence-corrected chi connectivity index (χ1v) is 9.51. The van der Waals surface area contributed by atoms with Gasteiger partial charge in [-0.2, -0.15) is 0 Å². The third-order valence-corrected chi connectivity index (χ3v) is 5.20. The van der Waals surface area contributed by atoms with Crippen molar-refractivity contribution < 1.29 is 17.9 Å². The van der Waals surface area contributed by atoms with Crippen molar-refractivity contribution in [1.82, 2.24) is 9.62 Å². The summed E-state index contributed by atoms with van der Waals surface area (Å²) < 4.78 is 31.4. The third-order valence-electron chi connectivity index (χ3n) is 4.14. The highest BCUT2D eigenvalue weighted by molar-refractivity contribution is 7.92. The number of carbonyl (C=O) groups excluding carboxylic acids is 1. The molecule has 1 saturated heterocycles. The van der Waals surface area contributed by atoms with Crippen LogP contribution in [-0.2, 0) is 14.8 Å². The maximum Gasteiger partial charge on any atom is 0.409 e. The summed E-state index contributed by atoms with van der Waals surface area (Å²) in [7, 11) is -2.10. The van der Waals surface area contributed by atoms with E-state index in [1.54, 1.807) is 11.0 Å². The lowest BCUT2D eigenvalue weighted by molar-refractivity contribution is 0.106. The summed E-state index contributed by atoms with van der Waals surface area (Å²) in [6.07, 6.45) is 2.79. The number of piperidine rings is 1. The molecule has 2 rings (SSSR count). The van der Waals surface area contributed by atoms with Gasteiger partial charge in [0.1, 0.15) is 0 Å². The van der Waals surface area contributed by atoms with Crippen LogP contribution >= 0.6 is 0 Å². The van der Waals surface area contributed by atoms with E-state index in [1.165, 1.54) is 12.5 Å². The highest BCUT2D eigenvalue weighted by Crippen LogP contribution is 2.17. The van der Waals surface area contributed by atoms with Crippen LogP contribution in [0.25, 0.3) is 6.08 Å². The topological polar surface area (TPSA) is 75.7 Å². The van der Waals surface area contributed by atoms with Crippen molar-refractivity contribution in [3.05, 3.63) is 40.8 Å². The predicted octanol–water partition coefficient (Wildman–Crippen LogP) is 2.36. The molecule has 0 bridgehead atoms. The van der Waals surface area contributed by atoms with E-state index < -0.39 is 10.0 Å². The highest BCUT2D eigenvalue weighted by Gasteiger charge is 2.23. The monoisotopic (exact) mass is 352 g/mol. The lowest BCUT2D eigenvalue weighted by Gasteiger charge is -2.30. The number of ether oxygens (including phenoxy) is 1. The van der Waals surface area contributed by atoms with Crippen LogP contribution in [0.2, 0.25) is 0 Å². The van der Waals surface area contributed by atoms with Crippen LogP contribution in [0, 0.1) is 12.8 Å². The molecule has 7 heteroatoms. The van der Waals surface area contributed by atoms with Crippen LogP contribution in [0.15, 0.2) is 29.7 Å². The molecule has 0 spiro atoms. The average Bonchev–Trinajstić information content (AvgIpc) is 2.59. The smallest absolute Gasteiger partial charge is 0.409 e. The van der Waals surface area contributed by atoms with Crippen LogP contribution in [0.3, 0.4) is 0 Å². The van der Waals surface area contributed by atoms with E-state index in [2.05, 4.69) is 9.46 Å². The molecule has 1 amide bonds. The molecule has 1 aliphatic rings. The molecule has 1 N–H and O–H groups in total. The molecule has 1 heterocycles. The van der Waals surface area contributed by atoms with Crippen LogP contribution < -0.4 is 4.72 Å². The Morgan fingerprint density at radius 2 is 1.92 bits per heavy atom. The largest absolute Gasteiger partial charge is 0.453 e. The minimum absolute atomic E-state index is 0.230. The summed E-state index contributed by atoms with van der Waals surface area (Å²) in [5.41, 5.74) is 1.98. The second kappa shape index (κ2) is 8.30. The fraction of sp³-hybridized carbons (Fsp3) is 0.471. The number of hydrogen-bond acceptors (Lipinski definition) is 4. The lowest BCUT2D eigenvalue weighted by Crippen LogP contribution is -2.41. The first-order chi connectivity index (χ1) is 11.4. The summed E-state index contributed by atoms with van der Waals surface area (Å²) in [4.78, 5) is 13.1. The van der Waals surface area contributed by atoms with Crippen molar-refractivity contribution in [2.75, 3.05) is 26.7 Å². The zero-order valence-electron chi connectivity index (χ0n) is 14.1. The maximum absolute atomic E-state index is 12.0. The van der Waals surface area contributed by atoms with Gasteiger partial charge in [0.15, 0.2) is 0 Å². The van der Waals surface area contributed by atoms with Gasteiger partial charge in [0, 0.05) is 25.0 Å². The lowest BCUT2D eigenvalue weighted by atomic mass is 9.97. The van der Waals surface area contributed by atoms with E-state index in [4.69, 9.17) is 0 Å².